The molecule has 0 amide bonds. The van der Waals surface area contributed by atoms with Crippen LogP contribution in [0.15, 0.2) is 389 Å². The van der Waals surface area contributed by atoms with Crippen molar-refractivity contribution in [3.8, 4) is 46.0 Å². The lowest BCUT2D eigenvalue weighted by Crippen LogP contribution is -2.16. The summed E-state index contributed by atoms with van der Waals surface area (Å²) in [5.74, 6) is 6.25. The van der Waals surface area contributed by atoms with Crippen molar-refractivity contribution < 1.29 is 37.9 Å². The predicted molar refractivity (Wildman–Crippen MR) is 459 cm³/mol. The normalized spacial score (nSPS) is 10.5. The number of para-hydroxylation sites is 5. The maximum atomic E-state index is 5.67. The van der Waals surface area contributed by atoms with Gasteiger partial charge in [-0.3, -0.25) is 0 Å². The zero-order chi connectivity index (χ0) is 77.4. The van der Waals surface area contributed by atoms with Gasteiger partial charge < -0.3 is 57.5 Å². The van der Waals surface area contributed by atoms with Crippen molar-refractivity contribution in [3.63, 3.8) is 0 Å². The summed E-state index contributed by atoms with van der Waals surface area (Å²) in [4.78, 5) is 9.04. The summed E-state index contributed by atoms with van der Waals surface area (Å²) in [6, 6.07) is 124. The lowest BCUT2D eigenvalue weighted by Gasteiger charge is -2.31. The third-order valence-electron chi connectivity index (χ3n) is 19.1. The lowest BCUT2D eigenvalue weighted by molar-refractivity contribution is 0.414. The average molecular weight is 1470 g/mol. The van der Waals surface area contributed by atoms with Gasteiger partial charge >= 0.3 is 0 Å². The molecule has 0 unspecified atom stereocenters. The van der Waals surface area contributed by atoms with E-state index in [9.17, 15) is 0 Å². The molecule has 0 aliphatic heterocycles. The number of rotatable bonds is 28. The highest BCUT2D eigenvalue weighted by Gasteiger charge is 2.23. The van der Waals surface area contributed by atoms with Gasteiger partial charge in [-0.2, -0.15) is 0 Å². The topological polar surface area (TPSA) is 86.8 Å². The molecule has 0 aliphatic rings. The van der Waals surface area contributed by atoms with Crippen LogP contribution in [0.5, 0.6) is 46.0 Å². The van der Waals surface area contributed by atoms with E-state index in [1.807, 2.05) is 127 Å². The number of nitrogens with zero attached hydrogens (tertiary/aromatic N) is 4. The second kappa shape index (κ2) is 37.4. The van der Waals surface area contributed by atoms with Crippen LogP contribution in [-0.4, -0.2) is 56.9 Å². The highest BCUT2D eigenvalue weighted by Crippen LogP contribution is 2.44. The first-order chi connectivity index (χ1) is 55.1. The number of methoxy groups -OCH3 is 8. The third kappa shape index (κ3) is 18.8. The minimum atomic E-state index is 0.764. The van der Waals surface area contributed by atoms with Gasteiger partial charge in [0.2, 0.25) is 0 Å². The van der Waals surface area contributed by atoms with Crippen LogP contribution in [-0.2, 0) is 0 Å². The molecule has 0 saturated heterocycles. The fourth-order valence-electron chi connectivity index (χ4n) is 13.1. The van der Waals surface area contributed by atoms with Crippen LogP contribution in [0.4, 0.5) is 45.5 Å². The zero-order valence-electron chi connectivity index (χ0n) is 64.0. The first-order valence-corrected chi connectivity index (χ1v) is 36.7. The highest BCUT2D eigenvalue weighted by atomic mass is 16.5. The maximum absolute atomic E-state index is 5.67. The minimum absolute atomic E-state index is 0.764. The van der Waals surface area contributed by atoms with E-state index >= 15 is 0 Å². The van der Waals surface area contributed by atoms with Crippen LogP contribution in [0.25, 0.3) is 22.3 Å². The Morgan fingerprint density at radius 3 is 0.411 bits per heavy atom. The van der Waals surface area contributed by atoms with Crippen LogP contribution in [0.3, 0.4) is 0 Å². The van der Waals surface area contributed by atoms with Crippen molar-refractivity contribution in [2.45, 2.75) is 0 Å². The molecule has 0 radical (unpaired) electrons. The number of anilines is 8. The molecule has 0 heterocycles. The Morgan fingerprint density at radius 2 is 0.286 bits per heavy atom. The molecule has 0 atom stereocenters. The van der Waals surface area contributed by atoms with Crippen LogP contribution in [0.1, 0.15) is 44.5 Å². The third-order valence-corrected chi connectivity index (χ3v) is 19.1. The molecule has 0 spiro atoms. The number of hydrogen-bond acceptors (Lipinski definition) is 12. The maximum Gasteiger partial charge on any atom is 0.118 e. The van der Waals surface area contributed by atoms with Crippen LogP contribution in [0, 0.1) is 0 Å². The van der Waals surface area contributed by atoms with E-state index in [0.29, 0.717) is 0 Å². The Kier molecular flexibility index (Phi) is 25.4. The molecule has 12 nitrogen and oxygen atoms in total. The monoisotopic (exact) mass is 1470 g/mol. The smallest absolute Gasteiger partial charge is 0.118 e. The predicted octanol–water partition coefficient (Wildman–Crippen LogP) is 24.4. The first kappa shape index (κ1) is 75.9. The highest BCUT2D eigenvalue weighted by molar-refractivity contribution is 5.92. The molecule has 14 aromatic rings. The van der Waals surface area contributed by atoms with Gasteiger partial charge in [-0.15, -0.1) is 0 Å². The Balaban J connectivity index is 0.000000294. The molecule has 0 N–H and O–H groups in total. The van der Waals surface area contributed by atoms with Crippen molar-refractivity contribution in [2.24, 2.45) is 0 Å². The van der Waals surface area contributed by atoms with Gasteiger partial charge in [-0.05, 0) is 220 Å². The summed E-state index contributed by atoms with van der Waals surface area (Å²) < 4.78 is 44.7. The van der Waals surface area contributed by atoms with E-state index in [1.165, 1.54) is 0 Å². The molecule has 112 heavy (non-hydrogen) atoms. The van der Waals surface area contributed by atoms with Gasteiger partial charge in [0.1, 0.15) is 46.0 Å². The quantitative estimate of drug-likeness (QED) is 0.0468. The van der Waals surface area contributed by atoms with Gasteiger partial charge in [0.05, 0.1) is 56.9 Å². The standard InChI is InChI=1S/C72H63N3O6.C28H25NO2/c1-76-64-34-22-52(23-35-64)70(53-24-36-65(77-2)37-25-53)49-73(58-16-10-7-11-17-58)61-46-62(74(59-18-12-8-13-19-59)50-71(54-26-38-66(78-3)39-27-54)55-28-40-67(79-4)41-29-55)48-63(47-61)75(60-20-14-9-15-21-60)51-72(56-30-42-68(80-5)43-31-56)57-32-44-69(81-6)45-33-57;1-30-26-17-13-22(14-18-26)28(23-15-19-27(31-2)20-16-23)21-29(24-9-5-3-6-10-24)25-11-7-4-8-12-25/h7-51H,1-6H3;3-21H,1-2H3. The number of ether oxygens (including phenoxy) is 8. The van der Waals surface area contributed by atoms with E-state index in [1.54, 1.807) is 56.9 Å². The fraction of sp³-hybridized carbons (Fsp3) is 0.0800. The Labute approximate surface area is 657 Å². The molecule has 0 bridgehead atoms. The van der Waals surface area contributed by atoms with Crippen molar-refractivity contribution in [1.82, 2.24) is 0 Å². The molecular weight excluding hydrogens is 1390 g/mol. The number of hydrogen-bond donors (Lipinski definition) is 0. The first-order valence-electron chi connectivity index (χ1n) is 36.7. The van der Waals surface area contributed by atoms with Crippen LogP contribution in [0.2, 0.25) is 0 Å². The van der Waals surface area contributed by atoms with Gasteiger partial charge in [-0.25, -0.2) is 0 Å². The number of benzene rings is 14. The molecule has 14 aromatic carbocycles. The van der Waals surface area contributed by atoms with E-state index in [2.05, 4.69) is 281 Å². The summed E-state index contributed by atoms with van der Waals surface area (Å²) >= 11 is 0. The van der Waals surface area contributed by atoms with Gasteiger partial charge in [0.25, 0.3) is 0 Å². The van der Waals surface area contributed by atoms with Crippen LogP contribution >= 0.6 is 0 Å². The molecule has 0 fully saturated rings. The second-order valence-electron chi connectivity index (χ2n) is 25.9. The van der Waals surface area contributed by atoms with Crippen molar-refractivity contribution in [2.75, 3.05) is 76.5 Å². The Bertz CT molecular complexity index is 4780. The van der Waals surface area contributed by atoms with E-state index in [4.69, 9.17) is 37.9 Å². The minimum Gasteiger partial charge on any atom is -0.497 e. The summed E-state index contributed by atoms with van der Waals surface area (Å²) in [5, 5.41) is 0. The van der Waals surface area contributed by atoms with E-state index < -0.39 is 0 Å². The largest absolute Gasteiger partial charge is 0.497 e. The van der Waals surface area contributed by atoms with Crippen molar-refractivity contribution in [3.05, 3.63) is 433 Å². The van der Waals surface area contributed by atoms with Crippen molar-refractivity contribution >= 4 is 67.8 Å². The second-order valence-corrected chi connectivity index (χ2v) is 25.9. The molecule has 12 heteroatoms. The van der Waals surface area contributed by atoms with Gasteiger partial charge in [0, 0.05) is 92.6 Å². The van der Waals surface area contributed by atoms with Crippen molar-refractivity contribution in [1.29, 1.82) is 0 Å². The zero-order valence-corrected chi connectivity index (χ0v) is 64.0. The van der Waals surface area contributed by atoms with Gasteiger partial charge in [-0.1, -0.05) is 188 Å². The molecular formula is C100H88N4O8. The Morgan fingerprint density at radius 1 is 0.161 bits per heavy atom. The molecule has 556 valence electrons. The summed E-state index contributed by atoms with van der Waals surface area (Å²) in [5.41, 5.74) is 19.8. The summed E-state index contributed by atoms with van der Waals surface area (Å²) in [6.07, 6.45) is 8.88. The lowest BCUT2D eigenvalue weighted by atomic mass is 9.97. The fourth-order valence-corrected chi connectivity index (χ4v) is 13.1. The van der Waals surface area contributed by atoms with Crippen LogP contribution < -0.4 is 57.5 Å². The SMILES string of the molecule is COc1ccc(C(=CN(c2ccccc2)c2cc(N(C=C(c3ccc(OC)cc3)c3ccc(OC)cc3)c3ccccc3)cc(N(C=C(c3ccc(OC)cc3)c3ccc(OC)cc3)c3ccccc3)c2)c2ccc(OC)cc2)cc1.COc1ccc(C(=CN(c2ccccc2)c2ccccc2)c2ccc(OC)cc2)cc1. The Hall–Kier alpha value is -14.4. The van der Waals surface area contributed by atoms with E-state index in [0.717, 1.165) is 158 Å². The van der Waals surface area contributed by atoms with Gasteiger partial charge in [0.15, 0.2) is 0 Å². The summed E-state index contributed by atoms with van der Waals surface area (Å²) in [6.45, 7) is 0. The molecule has 0 saturated carbocycles. The summed E-state index contributed by atoms with van der Waals surface area (Å²) in [7, 11) is 13.5. The molecule has 0 aromatic heterocycles. The molecule has 14 rings (SSSR count). The molecule has 0 aliphatic carbocycles. The van der Waals surface area contributed by atoms with E-state index in [-0.39, 0.29) is 0 Å². The average Bonchev–Trinajstić information content (AvgIpc) is 0.793.